The lowest BCUT2D eigenvalue weighted by molar-refractivity contribution is -0.115. The monoisotopic (exact) mass is 405 g/mol. The largest absolute Gasteiger partial charge is 0.334 e. The van der Waals surface area contributed by atoms with Crippen molar-refractivity contribution in [2.24, 2.45) is 0 Å². The highest BCUT2D eigenvalue weighted by molar-refractivity contribution is 6.37. The molecule has 1 aromatic carbocycles. The molecular weight excluding hydrogens is 381 g/mol. The van der Waals surface area contributed by atoms with Crippen molar-refractivity contribution in [2.45, 2.75) is 52.9 Å². The summed E-state index contributed by atoms with van der Waals surface area (Å²) in [5.74, 6) is -0.0488. The van der Waals surface area contributed by atoms with E-state index in [2.05, 4.69) is 0 Å². The molecule has 1 aliphatic heterocycles. The second-order valence-corrected chi connectivity index (χ2v) is 9.34. The maximum atomic E-state index is 13.3. The number of ketones is 1. The van der Waals surface area contributed by atoms with E-state index in [0.29, 0.717) is 47.1 Å². The van der Waals surface area contributed by atoms with Gasteiger partial charge in [0.1, 0.15) is 0 Å². The summed E-state index contributed by atoms with van der Waals surface area (Å²) >= 11 is 13.2. The molecule has 0 atom stereocenters. The quantitative estimate of drug-likeness (QED) is 0.648. The third-order valence-electron chi connectivity index (χ3n) is 5.32. The van der Waals surface area contributed by atoms with Crippen molar-refractivity contribution in [2.75, 3.05) is 13.1 Å². The minimum absolute atomic E-state index is 0.0960. The zero-order valence-electron chi connectivity index (χ0n) is 16.5. The molecule has 1 aliphatic carbocycles. The summed E-state index contributed by atoms with van der Waals surface area (Å²) in [7, 11) is 0. The number of carbonyl (C=O) groups excluding carboxylic acids is 2. The van der Waals surface area contributed by atoms with E-state index in [0.717, 1.165) is 22.3 Å². The van der Waals surface area contributed by atoms with Crippen molar-refractivity contribution in [1.29, 1.82) is 0 Å². The molecule has 5 heteroatoms. The fourth-order valence-corrected chi connectivity index (χ4v) is 4.66. The molecule has 3 nitrogen and oxygen atoms in total. The SMILES string of the molecule is CC1=CC(C)=C(CN2CCc3c(Cl)cc(C(C)(C)C)c(Cl)c3C2=O)C(=O)C1. The van der Waals surface area contributed by atoms with Crippen LogP contribution in [0.1, 0.15) is 62.5 Å². The van der Waals surface area contributed by atoms with Gasteiger partial charge in [-0.3, -0.25) is 9.59 Å². The molecule has 2 aliphatic rings. The third kappa shape index (κ3) is 3.72. The second-order valence-electron chi connectivity index (χ2n) is 8.55. The van der Waals surface area contributed by atoms with Crippen molar-refractivity contribution in [3.05, 3.63) is 55.6 Å². The Kier molecular flexibility index (Phi) is 5.31. The van der Waals surface area contributed by atoms with Crippen LogP contribution in [0.2, 0.25) is 10.0 Å². The molecule has 0 aromatic heterocycles. The van der Waals surface area contributed by atoms with Gasteiger partial charge in [0.25, 0.3) is 5.91 Å². The van der Waals surface area contributed by atoms with Crippen LogP contribution in [0.25, 0.3) is 0 Å². The van der Waals surface area contributed by atoms with Crippen LogP contribution in [-0.2, 0) is 16.6 Å². The van der Waals surface area contributed by atoms with E-state index < -0.39 is 0 Å². The Balaban J connectivity index is 2.01. The molecule has 1 aromatic rings. The van der Waals surface area contributed by atoms with Gasteiger partial charge in [-0.05, 0) is 48.4 Å². The van der Waals surface area contributed by atoms with E-state index >= 15 is 0 Å². The number of hydrogen-bond acceptors (Lipinski definition) is 2. The van der Waals surface area contributed by atoms with Crippen molar-refractivity contribution in [1.82, 2.24) is 4.90 Å². The molecule has 0 saturated carbocycles. The van der Waals surface area contributed by atoms with Crippen LogP contribution in [0.3, 0.4) is 0 Å². The Morgan fingerprint density at radius 2 is 1.81 bits per heavy atom. The fourth-order valence-electron chi connectivity index (χ4n) is 3.83. The summed E-state index contributed by atoms with van der Waals surface area (Å²) < 4.78 is 0. The number of rotatable bonds is 2. The third-order valence-corrected chi connectivity index (χ3v) is 6.05. The van der Waals surface area contributed by atoms with Crippen LogP contribution >= 0.6 is 23.2 Å². The standard InChI is InChI=1S/C22H25Cl2NO2/c1-12-8-13(2)15(18(26)9-12)11-25-7-6-14-17(23)10-16(22(3,4)5)20(24)19(14)21(25)27/h8,10H,6-7,9,11H2,1-5H3. The van der Waals surface area contributed by atoms with Crippen LogP contribution in [0.4, 0.5) is 0 Å². The van der Waals surface area contributed by atoms with Crippen LogP contribution < -0.4 is 0 Å². The molecule has 0 saturated heterocycles. The van der Waals surface area contributed by atoms with E-state index in [1.807, 2.05) is 46.8 Å². The van der Waals surface area contributed by atoms with Crippen molar-refractivity contribution >= 4 is 34.9 Å². The van der Waals surface area contributed by atoms with Gasteiger partial charge >= 0.3 is 0 Å². The highest BCUT2D eigenvalue weighted by Crippen LogP contribution is 2.40. The minimum atomic E-state index is -0.223. The molecule has 3 rings (SSSR count). The predicted molar refractivity (Wildman–Crippen MR) is 111 cm³/mol. The van der Waals surface area contributed by atoms with Gasteiger partial charge in [-0.1, -0.05) is 55.6 Å². The molecule has 0 fully saturated rings. The average Bonchev–Trinajstić information content (AvgIpc) is 2.54. The molecule has 0 unspecified atom stereocenters. The highest BCUT2D eigenvalue weighted by atomic mass is 35.5. The predicted octanol–water partition coefficient (Wildman–Crippen LogP) is 5.52. The summed E-state index contributed by atoms with van der Waals surface area (Å²) in [6, 6.07) is 1.89. The maximum absolute atomic E-state index is 13.3. The Morgan fingerprint density at radius 1 is 1.15 bits per heavy atom. The number of amides is 1. The molecule has 0 radical (unpaired) electrons. The Bertz CT molecular complexity index is 904. The molecule has 0 spiro atoms. The molecule has 144 valence electrons. The zero-order valence-corrected chi connectivity index (χ0v) is 18.0. The summed E-state index contributed by atoms with van der Waals surface area (Å²) in [5.41, 5.74) is 4.66. The lowest BCUT2D eigenvalue weighted by atomic mass is 9.83. The summed E-state index contributed by atoms with van der Waals surface area (Å²) in [6.45, 7) is 10.9. The maximum Gasteiger partial charge on any atom is 0.256 e. The first kappa shape index (κ1) is 20.2. The Hall–Kier alpha value is -1.58. The number of fused-ring (bicyclic) bond motifs is 1. The first-order valence-electron chi connectivity index (χ1n) is 9.21. The first-order chi connectivity index (χ1) is 12.5. The summed E-state index contributed by atoms with van der Waals surface area (Å²) in [6.07, 6.45) is 3.09. The van der Waals surface area contributed by atoms with Gasteiger partial charge in [0.05, 0.1) is 10.6 Å². The van der Waals surface area contributed by atoms with Crippen LogP contribution in [0.15, 0.2) is 28.9 Å². The number of allylic oxidation sites excluding steroid dienone is 3. The van der Waals surface area contributed by atoms with Gasteiger partial charge < -0.3 is 4.90 Å². The molecule has 1 heterocycles. The van der Waals surface area contributed by atoms with E-state index in [9.17, 15) is 9.59 Å². The number of carbonyl (C=O) groups is 2. The average molecular weight is 406 g/mol. The number of halogens is 2. The van der Waals surface area contributed by atoms with E-state index in [-0.39, 0.29) is 17.1 Å². The lowest BCUT2D eigenvalue weighted by Crippen LogP contribution is -2.41. The van der Waals surface area contributed by atoms with Crippen molar-refractivity contribution in [3.63, 3.8) is 0 Å². The first-order valence-corrected chi connectivity index (χ1v) is 9.97. The summed E-state index contributed by atoms with van der Waals surface area (Å²) in [4.78, 5) is 27.4. The topological polar surface area (TPSA) is 37.4 Å². The van der Waals surface area contributed by atoms with E-state index in [1.54, 1.807) is 4.90 Å². The molecular formula is C22H25Cl2NO2. The lowest BCUT2D eigenvalue weighted by Gasteiger charge is -2.33. The number of nitrogens with zero attached hydrogens (tertiary/aromatic N) is 1. The van der Waals surface area contributed by atoms with Crippen LogP contribution in [0, 0.1) is 0 Å². The molecule has 1 amide bonds. The van der Waals surface area contributed by atoms with Crippen LogP contribution in [-0.4, -0.2) is 29.7 Å². The zero-order chi connectivity index (χ0) is 20.1. The Morgan fingerprint density at radius 3 is 2.41 bits per heavy atom. The molecule has 27 heavy (non-hydrogen) atoms. The smallest absolute Gasteiger partial charge is 0.256 e. The van der Waals surface area contributed by atoms with Crippen molar-refractivity contribution < 1.29 is 9.59 Å². The van der Waals surface area contributed by atoms with Crippen molar-refractivity contribution in [3.8, 4) is 0 Å². The van der Waals surface area contributed by atoms with Gasteiger partial charge in [-0.15, -0.1) is 0 Å². The van der Waals surface area contributed by atoms with E-state index in [1.165, 1.54) is 0 Å². The summed E-state index contributed by atoms with van der Waals surface area (Å²) in [5, 5.41) is 1.07. The second kappa shape index (κ2) is 7.10. The molecule has 0 bridgehead atoms. The van der Waals surface area contributed by atoms with Gasteiger partial charge in [0.2, 0.25) is 0 Å². The minimum Gasteiger partial charge on any atom is -0.334 e. The highest BCUT2D eigenvalue weighted by Gasteiger charge is 2.33. The van der Waals surface area contributed by atoms with Crippen LogP contribution in [0.5, 0.6) is 0 Å². The van der Waals surface area contributed by atoms with E-state index in [4.69, 9.17) is 23.2 Å². The van der Waals surface area contributed by atoms with Gasteiger partial charge in [0, 0.05) is 30.1 Å². The Labute approximate surface area is 171 Å². The van der Waals surface area contributed by atoms with Gasteiger partial charge in [-0.2, -0.15) is 0 Å². The number of hydrogen-bond donors (Lipinski definition) is 0. The fraction of sp³-hybridized carbons (Fsp3) is 0.455. The molecule has 0 N–H and O–H groups in total. The number of Topliss-reactive ketones (excluding diaryl/α,β-unsaturated/α-hetero) is 1. The van der Waals surface area contributed by atoms with Gasteiger partial charge in [-0.25, -0.2) is 0 Å². The van der Waals surface area contributed by atoms with Gasteiger partial charge in [0.15, 0.2) is 5.78 Å². The normalized spacial score (nSPS) is 18.0. The number of benzene rings is 1.